The van der Waals surface area contributed by atoms with Gasteiger partial charge in [0, 0.05) is 32.7 Å². The minimum Gasteiger partial charge on any atom is -0.481 e. The molecule has 1 unspecified atom stereocenters. The molecule has 5 nitrogen and oxygen atoms in total. The van der Waals surface area contributed by atoms with Gasteiger partial charge in [0.25, 0.3) is 5.91 Å². The van der Waals surface area contributed by atoms with Crippen LogP contribution in [0.25, 0.3) is 0 Å². The molecule has 0 aromatic carbocycles. The van der Waals surface area contributed by atoms with Gasteiger partial charge < -0.3 is 10.0 Å². The van der Waals surface area contributed by atoms with Gasteiger partial charge in [-0.1, -0.05) is 13.0 Å². The predicted molar refractivity (Wildman–Crippen MR) is 73.5 cm³/mol. The molecule has 1 aliphatic rings. The van der Waals surface area contributed by atoms with Crippen LogP contribution in [0.3, 0.4) is 0 Å². The topological polar surface area (TPSA) is 60.9 Å². The standard InChI is InChI=1S/C13H18N2O3S/c1-10(13(17)18)9-14-4-6-15(7-5-14)12(16)11-3-2-8-19-11/h2-3,8,10H,4-7,9H2,1H3,(H,17,18). The number of piperazine rings is 1. The highest BCUT2D eigenvalue weighted by molar-refractivity contribution is 7.12. The largest absolute Gasteiger partial charge is 0.481 e. The molecule has 1 fully saturated rings. The molecule has 1 N–H and O–H groups in total. The number of amides is 1. The van der Waals surface area contributed by atoms with Crippen molar-refractivity contribution in [2.45, 2.75) is 6.92 Å². The van der Waals surface area contributed by atoms with Crippen LogP contribution < -0.4 is 0 Å². The Morgan fingerprint density at radius 2 is 2.05 bits per heavy atom. The van der Waals surface area contributed by atoms with E-state index in [1.54, 1.807) is 6.92 Å². The van der Waals surface area contributed by atoms with E-state index in [9.17, 15) is 9.59 Å². The van der Waals surface area contributed by atoms with Gasteiger partial charge in [-0.3, -0.25) is 14.5 Å². The van der Waals surface area contributed by atoms with E-state index in [2.05, 4.69) is 4.90 Å². The Morgan fingerprint density at radius 1 is 1.37 bits per heavy atom. The van der Waals surface area contributed by atoms with Gasteiger partial charge in [-0.15, -0.1) is 11.3 Å². The fourth-order valence-electron chi connectivity index (χ4n) is 2.16. The van der Waals surface area contributed by atoms with Crippen LogP contribution in [0.1, 0.15) is 16.6 Å². The second kappa shape index (κ2) is 6.16. The molecule has 1 saturated heterocycles. The third-order valence-corrected chi connectivity index (χ3v) is 4.20. The lowest BCUT2D eigenvalue weighted by atomic mass is 10.1. The van der Waals surface area contributed by atoms with E-state index in [0.717, 1.165) is 18.0 Å². The summed E-state index contributed by atoms with van der Waals surface area (Å²) in [5, 5.41) is 10.8. The van der Waals surface area contributed by atoms with Crippen molar-refractivity contribution >= 4 is 23.2 Å². The molecule has 0 bridgehead atoms. The van der Waals surface area contributed by atoms with Gasteiger partial charge in [0.05, 0.1) is 10.8 Å². The highest BCUT2D eigenvalue weighted by Crippen LogP contribution is 2.14. The van der Waals surface area contributed by atoms with Gasteiger partial charge in [0.15, 0.2) is 0 Å². The summed E-state index contributed by atoms with van der Waals surface area (Å²) >= 11 is 1.46. The monoisotopic (exact) mass is 282 g/mol. The maximum Gasteiger partial charge on any atom is 0.307 e. The number of thiophene rings is 1. The minimum atomic E-state index is -0.767. The molecule has 1 aromatic rings. The third-order valence-electron chi connectivity index (χ3n) is 3.35. The molecule has 0 aliphatic carbocycles. The molecule has 6 heteroatoms. The summed E-state index contributed by atoms with van der Waals surface area (Å²) in [5.41, 5.74) is 0. The summed E-state index contributed by atoms with van der Waals surface area (Å²) < 4.78 is 0. The number of carboxylic acids is 1. The average molecular weight is 282 g/mol. The lowest BCUT2D eigenvalue weighted by Crippen LogP contribution is -2.50. The second-order valence-electron chi connectivity index (χ2n) is 4.81. The minimum absolute atomic E-state index is 0.0842. The summed E-state index contributed by atoms with van der Waals surface area (Å²) in [5.74, 6) is -1.04. The molecule has 0 spiro atoms. The number of rotatable bonds is 4. The van der Waals surface area contributed by atoms with E-state index in [4.69, 9.17) is 5.11 Å². The molecular formula is C13H18N2O3S. The van der Waals surface area contributed by atoms with E-state index >= 15 is 0 Å². The van der Waals surface area contributed by atoms with Crippen molar-refractivity contribution in [2.75, 3.05) is 32.7 Å². The Balaban J connectivity index is 1.82. The highest BCUT2D eigenvalue weighted by Gasteiger charge is 2.24. The first-order valence-electron chi connectivity index (χ1n) is 6.36. The van der Waals surface area contributed by atoms with Crippen molar-refractivity contribution in [2.24, 2.45) is 5.92 Å². The Hall–Kier alpha value is -1.40. The van der Waals surface area contributed by atoms with Gasteiger partial charge >= 0.3 is 5.97 Å². The lowest BCUT2D eigenvalue weighted by Gasteiger charge is -2.35. The second-order valence-corrected chi connectivity index (χ2v) is 5.76. The molecule has 0 radical (unpaired) electrons. The quantitative estimate of drug-likeness (QED) is 0.902. The maximum absolute atomic E-state index is 12.1. The molecule has 104 valence electrons. The summed E-state index contributed by atoms with van der Waals surface area (Å²) in [6.07, 6.45) is 0. The SMILES string of the molecule is CC(CN1CCN(C(=O)c2cccs2)CC1)C(=O)O. The third kappa shape index (κ3) is 3.54. The van der Waals surface area contributed by atoms with Crippen molar-refractivity contribution in [1.82, 2.24) is 9.80 Å². The predicted octanol–water partition coefficient (Wildman–Crippen LogP) is 1.23. The Labute approximate surface area is 116 Å². The van der Waals surface area contributed by atoms with Gasteiger partial charge in [0.2, 0.25) is 0 Å². The van der Waals surface area contributed by atoms with Crippen LogP contribution >= 0.6 is 11.3 Å². The van der Waals surface area contributed by atoms with Crippen LogP contribution in [0.2, 0.25) is 0 Å². The van der Waals surface area contributed by atoms with Crippen LogP contribution in [0, 0.1) is 5.92 Å². The maximum atomic E-state index is 12.1. The summed E-state index contributed by atoms with van der Waals surface area (Å²) in [7, 11) is 0. The van der Waals surface area contributed by atoms with Crippen LogP contribution in [0.15, 0.2) is 17.5 Å². The number of carbonyl (C=O) groups is 2. The van der Waals surface area contributed by atoms with Gasteiger partial charge in [-0.05, 0) is 11.4 Å². The first kappa shape index (κ1) is 14.0. The normalized spacial score (nSPS) is 18.3. The number of nitrogens with zero attached hydrogens (tertiary/aromatic N) is 2. The van der Waals surface area contributed by atoms with Gasteiger partial charge in [-0.2, -0.15) is 0 Å². The van der Waals surface area contributed by atoms with Crippen LogP contribution in [-0.2, 0) is 4.79 Å². The zero-order valence-corrected chi connectivity index (χ0v) is 11.7. The average Bonchev–Trinajstić information content (AvgIpc) is 2.92. The first-order chi connectivity index (χ1) is 9.08. The number of carbonyl (C=O) groups excluding carboxylic acids is 1. The van der Waals surface area contributed by atoms with Gasteiger partial charge in [-0.25, -0.2) is 0 Å². The summed E-state index contributed by atoms with van der Waals surface area (Å²) in [4.78, 5) is 27.7. The zero-order chi connectivity index (χ0) is 13.8. The van der Waals surface area contributed by atoms with E-state index in [-0.39, 0.29) is 11.8 Å². The van der Waals surface area contributed by atoms with E-state index < -0.39 is 5.97 Å². The first-order valence-corrected chi connectivity index (χ1v) is 7.24. The molecule has 1 aromatic heterocycles. The molecule has 1 aliphatic heterocycles. The Bertz CT molecular complexity index is 439. The van der Waals surface area contributed by atoms with E-state index in [1.807, 2.05) is 22.4 Å². The molecule has 19 heavy (non-hydrogen) atoms. The van der Waals surface area contributed by atoms with E-state index in [0.29, 0.717) is 19.6 Å². The molecule has 2 heterocycles. The van der Waals surface area contributed by atoms with Crippen molar-refractivity contribution in [3.05, 3.63) is 22.4 Å². The number of aliphatic carboxylic acids is 1. The Morgan fingerprint density at radius 3 is 2.58 bits per heavy atom. The van der Waals surface area contributed by atoms with Crippen LogP contribution in [-0.4, -0.2) is 59.5 Å². The number of hydrogen-bond acceptors (Lipinski definition) is 4. The summed E-state index contributed by atoms with van der Waals surface area (Å²) in [6, 6.07) is 3.72. The fraction of sp³-hybridized carbons (Fsp3) is 0.538. The van der Waals surface area contributed by atoms with Gasteiger partial charge in [0.1, 0.15) is 0 Å². The van der Waals surface area contributed by atoms with Crippen LogP contribution in [0.4, 0.5) is 0 Å². The molecule has 0 saturated carbocycles. The van der Waals surface area contributed by atoms with Crippen molar-refractivity contribution in [3.8, 4) is 0 Å². The molecule has 2 rings (SSSR count). The lowest BCUT2D eigenvalue weighted by molar-refractivity contribution is -0.141. The number of carboxylic acid groups (broad SMARTS) is 1. The molecule has 1 atom stereocenters. The highest BCUT2D eigenvalue weighted by atomic mass is 32.1. The van der Waals surface area contributed by atoms with Crippen molar-refractivity contribution in [1.29, 1.82) is 0 Å². The Kier molecular flexibility index (Phi) is 4.55. The fourth-order valence-corrected chi connectivity index (χ4v) is 2.85. The van der Waals surface area contributed by atoms with E-state index in [1.165, 1.54) is 11.3 Å². The van der Waals surface area contributed by atoms with Crippen LogP contribution in [0.5, 0.6) is 0 Å². The molecular weight excluding hydrogens is 264 g/mol. The summed E-state index contributed by atoms with van der Waals surface area (Å²) in [6.45, 7) is 5.09. The number of hydrogen-bond donors (Lipinski definition) is 1. The molecule has 1 amide bonds. The smallest absolute Gasteiger partial charge is 0.307 e. The zero-order valence-electron chi connectivity index (χ0n) is 10.9. The van der Waals surface area contributed by atoms with Crippen molar-refractivity contribution < 1.29 is 14.7 Å². The van der Waals surface area contributed by atoms with Crippen molar-refractivity contribution in [3.63, 3.8) is 0 Å².